The highest BCUT2D eigenvalue weighted by Crippen LogP contribution is 2.23. The summed E-state index contributed by atoms with van der Waals surface area (Å²) in [7, 11) is 3.72. The average Bonchev–Trinajstić information content (AvgIpc) is 2.96. The van der Waals surface area contributed by atoms with Gasteiger partial charge in [-0.15, -0.1) is 0 Å². The van der Waals surface area contributed by atoms with E-state index in [9.17, 15) is 4.79 Å². The van der Waals surface area contributed by atoms with E-state index in [4.69, 9.17) is 11.6 Å². The molecule has 23 heavy (non-hydrogen) atoms. The molecule has 1 N–H and O–H groups in total. The van der Waals surface area contributed by atoms with Gasteiger partial charge in [0.1, 0.15) is 5.82 Å². The van der Waals surface area contributed by atoms with Crippen molar-refractivity contribution in [1.29, 1.82) is 0 Å². The number of urea groups is 1. The lowest BCUT2D eigenvalue weighted by atomic mass is 9.94. The number of carbonyl (C=O) groups excluding carboxylic acids is 1. The molecule has 1 heterocycles. The molecule has 1 aromatic heterocycles. The molecule has 5 nitrogen and oxygen atoms in total. The predicted octanol–water partition coefficient (Wildman–Crippen LogP) is 3.41. The second-order valence-electron chi connectivity index (χ2n) is 5.80. The highest BCUT2D eigenvalue weighted by Gasteiger charge is 2.22. The first-order valence-electron chi connectivity index (χ1n) is 7.62. The molecular weight excluding hydrogens is 312 g/mol. The van der Waals surface area contributed by atoms with E-state index in [-0.39, 0.29) is 18.0 Å². The quantitative estimate of drug-likeness (QED) is 0.911. The Morgan fingerprint density at radius 1 is 1.35 bits per heavy atom. The normalized spacial score (nSPS) is 13.4. The van der Waals surface area contributed by atoms with Crippen LogP contribution in [0.25, 0.3) is 0 Å². The van der Waals surface area contributed by atoms with Crippen molar-refractivity contribution in [2.45, 2.75) is 32.4 Å². The summed E-state index contributed by atoms with van der Waals surface area (Å²) in [4.78, 5) is 18.3. The van der Waals surface area contributed by atoms with E-state index in [1.165, 1.54) is 0 Å². The number of likely N-dealkylation sites (N-methyl/N-ethyl adjacent to an activating group) is 1. The number of hydrogen-bond acceptors (Lipinski definition) is 2. The number of rotatable bonds is 5. The van der Waals surface area contributed by atoms with Crippen molar-refractivity contribution in [3.05, 3.63) is 53.1 Å². The minimum Gasteiger partial charge on any atom is -0.337 e. The molecule has 0 saturated carbocycles. The molecule has 6 heteroatoms. The number of imidazole rings is 1. The van der Waals surface area contributed by atoms with Gasteiger partial charge in [-0.2, -0.15) is 0 Å². The summed E-state index contributed by atoms with van der Waals surface area (Å²) < 4.78 is 1.89. The number of halogens is 1. The zero-order valence-electron chi connectivity index (χ0n) is 14.0. The van der Waals surface area contributed by atoms with Gasteiger partial charge in [0.05, 0.1) is 6.54 Å². The largest absolute Gasteiger partial charge is 0.337 e. The van der Waals surface area contributed by atoms with Crippen LogP contribution >= 0.6 is 11.6 Å². The van der Waals surface area contributed by atoms with E-state index in [1.54, 1.807) is 11.1 Å². The van der Waals surface area contributed by atoms with Crippen LogP contribution in [0.15, 0.2) is 36.7 Å². The first-order chi connectivity index (χ1) is 10.9. The summed E-state index contributed by atoms with van der Waals surface area (Å²) in [5.41, 5.74) is 1.16. The highest BCUT2D eigenvalue weighted by atomic mass is 35.5. The van der Waals surface area contributed by atoms with Gasteiger partial charge in [-0.05, 0) is 24.6 Å². The summed E-state index contributed by atoms with van der Waals surface area (Å²) in [5, 5.41) is 3.62. The highest BCUT2D eigenvalue weighted by molar-refractivity contribution is 6.30. The summed E-state index contributed by atoms with van der Waals surface area (Å²) >= 11 is 5.93. The third-order valence-corrected chi connectivity index (χ3v) is 4.62. The SMILES string of the molecule is C[C@H](c1ccc(Cl)cc1)[C@@H](C)N(C)C(=O)NCc1nccn1C. The van der Waals surface area contributed by atoms with Crippen LogP contribution in [-0.4, -0.2) is 33.6 Å². The molecule has 0 fully saturated rings. The molecule has 2 aromatic rings. The lowest BCUT2D eigenvalue weighted by Crippen LogP contribution is -2.44. The van der Waals surface area contributed by atoms with Crippen LogP contribution in [0.1, 0.15) is 31.2 Å². The Hall–Kier alpha value is -2.01. The summed E-state index contributed by atoms with van der Waals surface area (Å²) in [6.07, 6.45) is 3.58. The fourth-order valence-corrected chi connectivity index (χ4v) is 2.54. The molecule has 0 unspecified atom stereocenters. The van der Waals surface area contributed by atoms with Crippen molar-refractivity contribution in [3.8, 4) is 0 Å². The van der Waals surface area contributed by atoms with Crippen LogP contribution in [-0.2, 0) is 13.6 Å². The monoisotopic (exact) mass is 334 g/mol. The van der Waals surface area contributed by atoms with Crippen LogP contribution in [0, 0.1) is 0 Å². The molecule has 2 atom stereocenters. The molecule has 1 aromatic carbocycles. The average molecular weight is 335 g/mol. The minimum atomic E-state index is -0.110. The Morgan fingerprint density at radius 2 is 2.00 bits per heavy atom. The molecule has 0 aliphatic carbocycles. The third kappa shape index (κ3) is 4.26. The van der Waals surface area contributed by atoms with Crippen LogP contribution in [0.4, 0.5) is 4.79 Å². The topological polar surface area (TPSA) is 50.2 Å². The number of nitrogens with one attached hydrogen (secondary N) is 1. The molecule has 2 amide bonds. The van der Waals surface area contributed by atoms with Crippen molar-refractivity contribution in [2.75, 3.05) is 7.05 Å². The maximum absolute atomic E-state index is 12.3. The van der Waals surface area contributed by atoms with Crippen molar-refractivity contribution >= 4 is 17.6 Å². The molecule has 124 valence electrons. The second kappa shape index (κ2) is 7.51. The van der Waals surface area contributed by atoms with Crippen molar-refractivity contribution in [3.63, 3.8) is 0 Å². The van der Waals surface area contributed by atoms with E-state index in [2.05, 4.69) is 17.2 Å². The van der Waals surface area contributed by atoms with Crippen molar-refractivity contribution in [2.24, 2.45) is 7.05 Å². The number of nitrogens with zero attached hydrogens (tertiary/aromatic N) is 3. The van der Waals surface area contributed by atoms with Gasteiger partial charge >= 0.3 is 6.03 Å². The number of aromatic nitrogens is 2. The Kier molecular flexibility index (Phi) is 5.66. The van der Waals surface area contributed by atoms with E-state index >= 15 is 0 Å². The van der Waals surface area contributed by atoms with Crippen LogP contribution in [0.2, 0.25) is 5.02 Å². The van der Waals surface area contributed by atoms with E-state index in [0.717, 1.165) is 16.4 Å². The van der Waals surface area contributed by atoms with Crippen molar-refractivity contribution in [1.82, 2.24) is 19.8 Å². The van der Waals surface area contributed by atoms with E-state index < -0.39 is 0 Å². The molecule has 0 aliphatic rings. The second-order valence-corrected chi connectivity index (χ2v) is 6.24. The molecule has 0 bridgehead atoms. The molecular formula is C17H23ClN4O. The Labute approximate surface area is 142 Å². The molecule has 0 aliphatic heterocycles. The predicted molar refractivity (Wildman–Crippen MR) is 92.5 cm³/mol. The molecule has 0 saturated heterocycles. The van der Waals surface area contributed by atoms with Crippen LogP contribution in [0.5, 0.6) is 0 Å². The van der Waals surface area contributed by atoms with Gasteiger partial charge in [0.25, 0.3) is 0 Å². The number of amides is 2. The maximum Gasteiger partial charge on any atom is 0.317 e. The summed E-state index contributed by atoms with van der Waals surface area (Å²) in [5.74, 6) is 1.03. The zero-order chi connectivity index (χ0) is 17.0. The molecule has 2 rings (SSSR count). The summed E-state index contributed by atoms with van der Waals surface area (Å²) in [6.45, 7) is 4.56. The Bertz CT molecular complexity index is 653. The van der Waals surface area contributed by atoms with Crippen molar-refractivity contribution < 1.29 is 4.79 Å². The van der Waals surface area contributed by atoms with Crippen LogP contribution < -0.4 is 5.32 Å². The number of hydrogen-bond donors (Lipinski definition) is 1. The number of aryl methyl sites for hydroxylation is 1. The van der Waals surface area contributed by atoms with Gasteiger partial charge < -0.3 is 14.8 Å². The fourth-order valence-electron chi connectivity index (χ4n) is 2.41. The van der Waals surface area contributed by atoms with E-state index in [0.29, 0.717) is 6.54 Å². The van der Waals surface area contributed by atoms with E-state index in [1.807, 2.05) is 56.0 Å². The van der Waals surface area contributed by atoms with Crippen LogP contribution in [0.3, 0.4) is 0 Å². The maximum atomic E-state index is 12.3. The molecule has 0 spiro atoms. The first-order valence-corrected chi connectivity index (χ1v) is 8.00. The Balaban J connectivity index is 1.95. The summed E-state index contributed by atoms with van der Waals surface area (Å²) in [6, 6.07) is 7.70. The Morgan fingerprint density at radius 3 is 2.57 bits per heavy atom. The van der Waals surface area contributed by atoms with Gasteiger partial charge in [0.15, 0.2) is 0 Å². The van der Waals surface area contributed by atoms with Gasteiger partial charge in [-0.25, -0.2) is 9.78 Å². The molecule has 0 radical (unpaired) electrons. The third-order valence-electron chi connectivity index (χ3n) is 4.37. The fraction of sp³-hybridized carbons (Fsp3) is 0.412. The number of carbonyl (C=O) groups is 1. The number of benzene rings is 1. The van der Waals surface area contributed by atoms with Gasteiger partial charge in [0, 0.05) is 43.5 Å². The smallest absolute Gasteiger partial charge is 0.317 e. The lowest BCUT2D eigenvalue weighted by molar-refractivity contribution is 0.186. The van der Waals surface area contributed by atoms with Gasteiger partial charge in [0.2, 0.25) is 0 Å². The first kappa shape index (κ1) is 17.3. The zero-order valence-corrected chi connectivity index (χ0v) is 14.7. The van der Waals surface area contributed by atoms with Gasteiger partial charge in [-0.3, -0.25) is 0 Å². The standard InChI is InChI=1S/C17H23ClN4O/c1-12(14-5-7-15(18)8-6-14)13(2)22(4)17(23)20-11-16-19-9-10-21(16)3/h5-10,12-13H,11H2,1-4H3,(H,20,23)/t12-,13+/m0/s1. The lowest BCUT2D eigenvalue weighted by Gasteiger charge is -2.30. The minimum absolute atomic E-state index is 0.0533. The van der Waals surface area contributed by atoms with Gasteiger partial charge in [-0.1, -0.05) is 30.7 Å².